The van der Waals surface area contributed by atoms with E-state index in [0.29, 0.717) is 0 Å². The van der Waals surface area contributed by atoms with Gasteiger partial charge in [0.1, 0.15) is 12.1 Å². The Morgan fingerprint density at radius 2 is 1.82 bits per heavy atom. The minimum Gasteiger partial charge on any atom is -0.340 e. The number of anilines is 2. The van der Waals surface area contributed by atoms with Crippen molar-refractivity contribution >= 4 is 33.3 Å². The van der Waals surface area contributed by atoms with E-state index in [1.807, 2.05) is 52.8 Å². The van der Waals surface area contributed by atoms with E-state index in [1.165, 1.54) is 5.56 Å². The number of hydrogen-bond donors (Lipinski definition) is 1. The third-order valence-electron chi connectivity index (χ3n) is 5.68. The lowest BCUT2D eigenvalue weighted by Crippen LogP contribution is -2.01. The van der Waals surface area contributed by atoms with Gasteiger partial charge in [0.25, 0.3) is 0 Å². The molecular weight excluding hydrogens is 412 g/mol. The molecule has 0 fully saturated rings. The average molecular weight is 432 g/mol. The fraction of sp³-hybridized carbons (Fsp3) is 0.0800. The molecule has 0 bridgehead atoms. The molecule has 33 heavy (non-hydrogen) atoms. The Kier molecular flexibility index (Phi) is 4.54. The Bertz CT molecular complexity index is 1580. The molecule has 0 saturated heterocycles. The predicted molar refractivity (Wildman–Crippen MR) is 128 cm³/mol. The Balaban J connectivity index is 1.34. The van der Waals surface area contributed by atoms with Gasteiger partial charge < -0.3 is 9.88 Å². The molecule has 0 amide bonds. The predicted octanol–water partition coefficient (Wildman–Crippen LogP) is 4.57. The van der Waals surface area contributed by atoms with Crippen LogP contribution in [-0.4, -0.2) is 34.3 Å². The molecule has 0 aliphatic heterocycles. The summed E-state index contributed by atoms with van der Waals surface area (Å²) in [5, 5.41) is 9.98. The number of fused-ring (bicyclic) bond motifs is 2. The zero-order valence-corrected chi connectivity index (χ0v) is 17.9. The Morgan fingerprint density at radius 3 is 2.67 bits per heavy atom. The monoisotopic (exact) mass is 432 g/mol. The minimum atomic E-state index is 0.724. The summed E-state index contributed by atoms with van der Waals surface area (Å²) in [4.78, 5) is 17.6. The molecule has 0 spiro atoms. The van der Waals surface area contributed by atoms with Gasteiger partial charge in [-0.25, -0.2) is 15.0 Å². The fourth-order valence-electron chi connectivity index (χ4n) is 3.99. The van der Waals surface area contributed by atoms with Crippen molar-refractivity contribution in [3.8, 4) is 11.4 Å². The number of imidazole rings is 1. The average Bonchev–Trinajstić information content (AvgIpc) is 3.45. The number of hydrogen-bond acceptors (Lipinski definition) is 6. The van der Waals surface area contributed by atoms with Crippen molar-refractivity contribution in [1.82, 2.24) is 34.3 Å². The van der Waals surface area contributed by atoms with Crippen LogP contribution in [0, 0.1) is 0 Å². The van der Waals surface area contributed by atoms with Crippen LogP contribution in [0.1, 0.15) is 5.56 Å². The normalized spacial score (nSPS) is 11.3. The largest absolute Gasteiger partial charge is 0.340 e. The number of nitrogens with zero attached hydrogens (tertiary/aromatic N) is 7. The van der Waals surface area contributed by atoms with E-state index in [0.717, 1.165) is 51.2 Å². The van der Waals surface area contributed by atoms with Gasteiger partial charge in [-0.15, -0.1) is 0 Å². The second-order valence-corrected chi connectivity index (χ2v) is 7.89. The molecule has 0 aliphatic rings. The minimum absolute atomic E-state index is 0.724. The molecule has 0 atom stereocenters. The molecule has 8 nitrogen and oxygen atoms in total. The topological polar surface area (TPSA) is 86.3 Å². The summed E-state index contributed by atoms with van der Waals surface area (Å²) in [6, 6.07) is 18.5. The highest BCUT2D eigenvalue weighted by Crippen LogP contribution is 2.28. The van der Waals surface area contributed by atoms with Crippen LogP contribution in [0.5, 0.6) is 0 Å². The van der Waals surface area contributed by atoms with Gasteiger partial charge in [0, 0.05) is 23.5 Å². The maximum Gasteiger partial charge on any atom is 0.141 e. The van der Waals surface area contributed by atoms with E-state index >= 15 is 0 Å². The SMILES string of the molecule is Cn1cncc1-c1cc2c(Nc3ccc4c(cnn4Cc4ccccc4)c3)ncnc2cn1. The van der Waals surface area contributed by atoms with Gasteiger partial charge in [-0.3, -0.25) is 9.67 Å². The highest BCUT2D eigenvalue weighted by Gasteiger charge is 2.11. The van der Waals surface area contributed by atoms with E-state index in [-0.39, 0.29) is 0 Å². The lowest BCUT2D eigenvalue weighted by Gasteiger charge is -2.10. The van der Waals surface area contributed by atoms with E-state index < -0.39 is 0 Å². The van der Waals surface area contributed by atoms with E-state index in [4.69, 9.17) is 0 Å². The quantitative estimate of drug-likeness (QED) is 0.430. The van der Waals surface area contributed by atoms with E-state index in [2.05, 4.69) is 54.6 Å². The summed E-state index contributed by atoms with van der Waals surface area (Å²) in [5.41, 5.74) is 5.75. The summed E-state index contributed by atoms with van der Waals surface area (Å²) in [7, 11) is 1.95. The molecule has 1 N–H and O–H groups in total. The second kappa shape index (κ2) is 7.83. The van der Waals surface area contributed by atoms with Gasteiger partial charge >= 0.3 is 0 Å². The Labute approximate surface area is 189 Å². The molecule has 0 saturated carbocycles. The molecule has 2 aromatic carbocycles. The first kappa shape index (κ1) is 19.1. The fourth-order valence-corrected chi connectivity index (χ4v) is 3.99. The van der Waals surface area contributed by atoms with Gasteiger partial charge in [0.2, 0.25) is 0 Å². The zero-order chi connectivity index (χ0) is 22.2. The standard InChI is InChI=1S/C25H20N8/c1-32-16-26-13-24(32)21-10-20-22(12-27-21)28-15-29-25(20)31-19-7-8-23-18(9-19)11-30-33(23)14-17-5-3-2-4-6-17/h2-13,15-16H,14H2,1H3,(H,28,29,31). The summed E-state index contributed by atoms with van der Waals surface area (Å²) in [6.07, 6.45) is 8.76. The van der Waals surface area contributed by atoms with Crippen molar-refractivity contribution in [2.75, 3.05) is 5.32 Å². The van der Waals surface area contributed by atoms with Crippen LogP contribution >= 0.6 is 0 Å². The van der Waals surface area contributed by atoms with Gasteiger partial charge in [0.15, 0.2) is 0 Å². The van der Waals surface area contributed by atoms with Crippen molar-refractivity contribution < 1.29 is 0 Å². The van der Waals surface area contributed by atoms with Crippen molar-refractivity contribution in [2.24, 2.45) is 7.05 Å². The van der Waals surface area contributed by atoms with Gasteiger partial charge in [-0.1, -0.05) is 30.3 Å². The number of aromatic nitrogens is 7. The van der Waals surface area contributed by atoms with Gasteiger partial charge in [-0.05, 0) is 29.8 Å². The van der Waals surface area contributed by atoms with Crippen LogP contribution in [0.4, 0.5) is 11.5 Å². The maximum atomic E-state index is 4.58. The molecule has 4 heterocycles. The summed E-state index contributed by atoms with van der Waals surface area (Å²) >= 11 is 0. The third-order valence-corrected chi connectivity index (χ3v) is 5.68. The van der Waals surface area contributed by atoms with E-state index in [9.17, 15) is 0 Å². The van der Waals surface area contributed by atoms with Crippen molar-refractivity contribution in [1.29, 1.82) is 0 Å². The highest BCUT2D eigenvalue weighted by molar-refractivity contribution is 5.93. The lowest BCUT2D eigenvalue weighted by molar-refractivity contribution is 0.712. The first-order valence-electron chi connectivity index (χ1n) is 10.6. The Hall–Kier alpha value is -4.59. The van der Waals surface area contributed by atoms with Crippen LogP contribution in [-0.2, 0) is 13.6 Å². The molecule has 160 valence electrons. The number of rotatable bonds is 5. The molecule has 4 aromatic heterocycles. The van der Waals surface area contributed by atoms with Crippen LogP contribution < -0.4 is 5.32 Å². The van der Waals surface area contributed by atoms with Gasteiger partial charge in [-0.2, -0.15) is 5.10 Å². The van der Waals surface area contributed by atoms with Crippen LogP contribution in [0.25, 0.3) is 33.2 Å². The van der Waals surface area contributed by atoms with Crippen molar-refractivity contribution in [2.45, 2.75) is 6.54 Å². The molecule has 6 rings (SSSR count). The summed E-state index contributed by atoms with van der Waals surface area (Å²) in [6.45, 7) is 0.734. The zero-order valence-electron chi connectivity index (χ0n) is 17.9. The number of pyridine rings is 1. The van der Waals surface area contributed by atoms with Crippen LogP contribution in [0.2, 0.25) is 0 Å². The molecule has 0 radical (unpaired) electrons. The summed E-state index contributed by atoms with van der Waals surface area (Å²) in [5.74, 6) is 0.724. The first-order chi connectivity index (χ1) is 16.2. The number of aryl methyl sites for hydroxylation is 1. The lowest BCUT2D eigenvalue weighted by atomic mass is 10.2. The van der Waals surface area contributed by atoms with Crippen molar-refractivity contribution in [3.63, 3.8) is 0 Å². The van der Waals surface area contributed by atoms with Gasteiger partial charge in [0.05, 0.1) is 53.9 Å². The maximum absolute atomic E-state index is 4.58. The molecular formula is C25H20N8. The van der Waals surface area contributed by atoms with Crippen LogP contribution in [0.3, 0.4) is 0 Å². The summed E-state index contributed by atoms with van der Waals surface area (Å²) < 4.78 is 3.95. The Morgan fingerprint density at radius 1 is 0.909 bits per heavy atom. The molecule has 0 aliphatic carbocycles. The highest BCUT2D eigenvalue weighted by atomic mass is 15.3. The smallest absolute Gasteiger partial charge is 0.141 e. The van der Waals surface area contributed by atoms with Crippen LogP contribution in [0.15, 0.2) is 85.8 Å². The molecule has 0 unspecified atom stereocenters. The second-order valence-electron chi connectivity index (χ2n) is 7.89. The number of nitrogens with one attached hydrogen (secondary N) is 1. The van der Waals surface area contributed by atoms with Crippen molar-refractivity contribution in [3.05, 3.63) is 91.4 Å². The van der Waals surface area contributed by atoms with E-state index in [1.54, 1.807) is 25.0 Å². The molecule has 8 heteroatoms. The first-order valence-corrected chi connectivity index (χ1v) is 10.6. The third kappa shape index (κ3) is 3.57. The molecule has 6 aromatic rings. The number of benzene rings is 2.